The Labute approximate surface area is 185 Å². The monoisotopic (exact) mass is 428 g/mol. The number of H-pyrrole nitrogens is 2. The molecule has 8 heteroatoms. The summed E-state index contributed by atoms with van der Waals surface area (Å²) in [6.07, 6.45) is 6.51. The Morgan fingerprint density at radius 2 is 1.81 bits per heavy atom. The fraction of sp³-hybridized carbons (Fsp3) is 0.167. The summed E-state index contributed by atoms with van der Waals surface area (Å²) >= 11 is 0. The van der Waals surface area contributed by atoms with Gasteiger partial charge < -0.3 is 5.32 Å². The first-order chi connectivity index (χ1) is 15.7. The highest BCUT2D eigenvalue weighted by Crippen LogP contribution is 2.23. The molecule has 4 rings (SSSR count). The van der Waals surface area contributed by atoms with Crippen molar-refractivity contribution in [1.82, 2.24) is 30.3 Å². The Kier molecular flexibility index (Phi) is 6.72. The number of aromatic nitrogens is 5. The summed E-state index contributed by atoms with van der Waals surface area (Å²) in [4.78, 5) is 25.9. The Hall–Kier alpha value is -4.20. The maximum Gasteiger partial charge on any atom is 0.340 e. The molecule has 0 saturated carbocycles. The van der Waals surface area contributed by atoms with Crippen molar-refractivity contribution >= 4 is 12.0 Å². The SMILES string of the molecule is O=C(C=Cc1cn(Cc2ccccc2)nc1-c1ccccc1)NCCCc1n[nH]c(=O)[nH]1. The van der Waals surface area contributed by atoms with E-state index in [-0.39, 0.29) is 11.6 Å². The van der Waals surface area contributed by atoms with Crippen LogP contribution >= 0.6 is 0 Å². The fourth-order valence-electron chi connectivity index (χ4n) is 3.35. The largest absolute Gasteiger partial charge is 0.353 e. The second-order valence-electron chi connectivity index (χ2n) is 7.33. The maximum atomic E-state index is 12.3. The van der Waals surface area contributed by atoms with Crippen molar-refractivity contribution in [2.45, 2.75) is 19.4 Å². The molecule has 0 atom stereocenters. The minimum absolute atomic E-state index is 0.185. The second-order valence-corrected chi connectivity index (χ2v) is 7.33. The van der Waals surface area contributed by atoms with E-state index >= 15 is 0 Å². The molecule has 2 heterocycles. The number of benzene rings is 2. The minimum atomic E-state index is -0.325. The van der Waals surface area contributed by atoms with Gasteiger partial charge in [-0.05, 0) is 18.1 Å². The number of hydrogen-bond donors (Lipinski definition) is 3. The third-order valence-corrected chi connectivity index (χ3v) is 4.88. The highest BCUT2D eigenvalue weighted by Gasteiger charge is 2.10. The molecule has 1 amide bonds. The van der Waals surface area contributed by atoms with Crippen molar-refractivity contribution in [2.24, 2.45) is 0 Å². The van der Waals surface area contributed by atoms with Crippen LogP contribution in [0.3, 0.4) is 0 Å². The number of nitrogens with one attached hydrogen (secondary N) is 3. The molecule has 32 heavy (non-hydrogen) atoms. The van der Waals surface area contributed by atoms with Crippen LogP contribution in [0.4, 0.5) is 0 Å². The van der Waals surface area contributed by atoms with Crippen LogP contribution in [0.1, 0.15) is 23.4 Å². The highest BCUT2D eigenvalue weighted by atomic mass is 16.1. The average Bonchev–Trinajstić information content (AvgIpc) is 3.42. The molecular weight excluding hydrogens is 404 g/mol. The first-order valence-corrected chi connectivity index (χ1v) is 10.4. The number of hydrogen-bond acceptors (Lipinski definition) is 4. The van der Waals surface area contributed by atoms with E-state index < -0.39 is 0 Å². The zero-order valence-corrected chi connectivity index (χ0v) is 17.5. The van der Waals surface area contributed by atoms with Crippen molar-refractivity contribution in [2.75, 3.05) is 6.54 Å². The van der Waals surface area contributed by atoms with Crippen LogP contribution < -0.4 is 11.0 Å². The zero-order chi connectivity index (χ0) is 22.2. The number of carbonyl (C=O) groups is 1. The summed E-state index contributed by atoms with van der Waals surface area (Å²) < 4.78 is 1.89. The number of amides is 1. The molecular formula is C24H24N6O2. The van der Waals surface area contributed by atoms with Crippen molar-refractivity contribution in [3.05, 3.63) is 100 Å². The lowest BCUT2D eigenvalue weighted by Gasteiger charge is -2.01. The van der Waals surface area contributed by atoms with Crippen molar-refractivity contribution in [3.8, 4) is 11.3 Å². The molecule has 0 aliphatic heterocycles. The van der Waals surface area contributed by atoms with Gasteiger partial charge in [-0.15, -0.1) is 0 Å². The highest BCUT2D eigenvalue weighted by molar-refractivity contribution is 5.92. The predicted molar refractivity (Wildman–Crippen MR) is 123 cm³/mol. The van der Waals surface area contributed by atoms with E-state index in [2.05, 4.69) is 32.6 Å². The third-order valence-electron chi connectivity index (χ3n) is 4.88. The number of aromatic amines is 2. The molecule has 162 valence electrons. The molecule has 0 bridgehead atoms. The maximum absolute atomic E-state index is 12.3. The lowest BCUT2D eigenvalue weighted by Crippen LogP contribution is -2.22. The van der Waals surface area contributed by atoms with E-state index in [0.29, 0.717) is 31.8 Å². The first-order valence-electron chi connectivity index (χ1n) is 10.4. The van der Waals surface area contributed by atoms with Gasteiger partial charge in [0.15, 0.2) is 0 Å². The smallest absolute Gasteiger partial charge is 0.340 e. The molecule has 0 aliphatic carbocycles. The predicted octanol–water partition coefficient (Wildman–Crippen LogP) is 2.77. The summed E-state index contributed by atoms with van der Waals surface area (Å²) in [5, 5.41) is 13.8. The standard InChI is InChI=1S/C24H24N6O2/c31-22(25-15-7-12-21-26-24(32)28-27-21)14-13-20-17-30(16-18-8-3-1-4-9-18)29-23(20)19-10-5-2-6-11-19/h1-6,8-11,13-14,17H,7,12,15-16H2,(H,25,31)(H2,26,27,28,32). The Morgan fingerprint density at radius 3 is 2.53 bits per heavy atom. The summed E-state index contributed by atoms with van der Waals surface area (Å²) in [6, 6.07) is 20.0. The second kappa shape index (κ2) is 10.2. The van der Waals surface area contributed by atoms with Gasteiger partial charge in [0.2, 0.25) is 5.91 Å². The minimum Gasteiger partial charge on any atom is -0.353 e. The van der Waals surface area contributed by atoms with Crippen LogP contribution in [0.5, 0.6) is 0 Å². The first kappa shape index (κ1) is 21.0. The lowest BCUT2D eigenvalue weighted by molar-refractivity contribution is -0.116. The molecule has 2 aromatic heterocycles. The Balaban J connectivity index is 1.42. The summed E-state index contributed by atoms with van der Waals surface area (Å²) in [6.45, 7) is 1.13. The van der Waals surface area contributed by atoms with Crippen LogP contribution in [0.25, 0.3) is 17.3 Å². The number of carbonyl (C=O) groups excluding carboxylic acids is 1. The Bertz CT molecular complexity index is 1240. The van der Waals surface area contributed by atoms with Crippen LogP contribution in [0.15, 0.2) is 77.7 Å². The molecule has 4 aromatic rings. The van der Waals surface area contributed by atoms with Crippen molar-refractivity contribution in [3.63, 3.8) is 0 Å². The van der Waals surface area contributed by atoms with Crippen LogP contribution in [-0.2, 0) is 17.8 Å². The molecule has 0 unspecified atom stereocenters. The molecule has 0 aliphatic rings. The van der Waals surface area contributed by atoms with Gasteiger partial charge in [-0.25, -0.2) is 9.89 Å². The molecule has 0 radical (unpaired) electrons. The molecule has 2 aromatic carbocycles. The van der Waals surface area contributed by atoms with Gasteiger partial charge in [-0.1, -0.05) is 60.7 Å². The van der Waals surface area contributed by atoms with Crippen LogP contribution in [0.2, 0.25) is 0 Å². The molecule has 0 spiro atoms. The van der Waals surface area contributed by atoms with Crippen molar-refractivity contribution < 1.29 is 4.79 Å². The van der Waals surface area contributed by atoms with Gasteiger partial charge in [0.25, 0.3) is 0 Å². The van der Waals surface area contributed by atoms with E-state index in [4.69, 9.17) is 5.10 Å². The van der Waals surface area contributed by atoms with E-state index in [0.717, 1.165) is 22.4 Å². The van der Waals surface area contributed by atoms with Gasteiger partial charge in [0.05, 0.1) is 12.2 Å². The summed E-state index contributed by atoms with van der Waals surface area (Å²) in [5.74, 6) is 0.397. The molecule has 0 saturated heterocycles. The molecule has 3 N–H and O–H groups in total. The molecule has 0 fully saturated rings. The zero-order valence-electron chi connectivity index (χ0n) is 17.5. The van der Waals surface area contributed by atoms with E-state index in [1.165, 1.54) is 6.08 Å². The van der Waals surface area contributed by atoms with Crippen LogP contribution in [-0.4, -0.2) is 37.4 Å². The number of rotatable bonds is 9. The fourth-order valence-corrected chi connectivity index (χ4v) is 3.35. The quantitative estimate of drug-likeness (QED) is 0.281. The van der Waals surface area contributed by atoms with E-state index in [1.54, 1.807) is 6.08 Å². The summed E-state index contributed by atoms with van der Waals surface area (Å²) in [7, 11) is 0. The van der Waals surface area contributed by atoms with Gasteiger partial charge in [0, 0.05) is 36.4 Å². The summed E-state index contributed by atoms with van der Waals surface area (Å²) in [5.41, 5.74) is 3.52. The topological polar surface area (TPSA) is 108 Å². The Morgan fingerprint density at radius 1 is 1.06 bits per heavy atom. The van der Waals surface area contributed by atoms with E-state index in [9.17, 15) is 9.59 Å². The van der Waals surface area contributed by atoms with Gasteiger partial charge >= 0.3 is 5.69 Å². The third kappa shape index (κ3) is 5.69. The lowest BCUT2D eigenvalue weighted by atomic mass is 10.1. The average molecular weight is 428 g/mol. The van der Waals surface area contributed by atoms with Gasteiger partial charge in [-0.2, -0.15) is 10.2 Å². The number of aryl methyl sites for hydroxylation is 1. The normalized spacial score (nSPS) is 11.1. The number of nitrogens with zero attached hydrogens (tertiary/aromatic N) is 3. The van der Waals surface area contributed by atoms with E-state index in [1.807, 2.05) is 59.4 Å². The molecule has 8 nitrogen and oxygen atoms in total. The van der Waals surface area contributed by atoms with Crippen LogP contribution in [0, 0.1) is 0 Å². The van der Waals surface area contributed by atoms with Gasteiger partial charge in [0.1, 0.15) is 5.82 Å². The van der Waals surface area contributed by atoms with Gasteiger partial charge in [-0.3, -0.25) is 14.5 Å². The van der Waals surface area contributed by atoms with Crippen molar-refractivity contribution in [1.29, 1.82) is 0 Å².